The van der Waals surface area contributed by atoms with E-state index in [-0.39, 0.29) is 18.4 Å². The molecule has 2 N–H and O–H groups in total. The number of fused-ring (bicyclic) bond motifs is 1. The number of ether oxygens (including phenoxy) is 2. The van der Waals surface area contributed by atoms with Crippen LogP contribution in [0.3, 0.4) is 0 Å². The van der Waals surface area contributed by atoms with Crippen molar-refractivity contribution in [3.8, 4) is 11.5 Å². The second kappa shape index (κ2) is 8.38. The number of anilines is 1. The Morgan fingerprint density at radius 2 is 1.81 bits per heavy atom. The van der Waals surface area contributed by atoms with Crippen molar-refractivity contribution in [2.45, 2.75) is 19.8 Å². The minimum atomic E-state index is -0.286. The van der Waals surface area contributed by atoms with E-state index in [9.17, 15) is 9.59 Å². The molecule has 6 nitrogen and oxygen atoms in total. The molecule has 0 aromatic heterocycles. The molecule has 2 aromatic carbocycles. The Kier molecular flexibility index (Phi) is 5.73. The van der Waals surface area contributed by atoms with Gasteiger partial charge >= 0.3 is 0 Å². The van der Waals surface area contributed by atoms with Crippen molar-refractivity contribution in [1.82, 2.24) is 5.32 Å². The Morgan fingerprint density at radius 1 is 1.00 bits per heavy atom. The third kappa shape index (κ3) is 4.99. The van der Waals surface area contributed by atoms with E-state index in [0.717, 1.165) is 5.56 Å². The normalized spacial score (nSPS) is 12.3. The van der Waals surface area contributed by atoms with Crippen LogP contribution in [0.15, 0.2) is 42.5 Å². The van der Waals surface area contributed by atoms with Gasteiger partial charge in [0.15, 0.2) is 11.5 Å². The molecule has 1 aliphatic heterocycles. The van der Waals surface area contributed by atoms with Gasteiger partial charge in [0, 0.05) is 18.2 Å². The highest BCUT2D eigenvalue weighted by molar-refractivity contribution is 5.94. The highest BCUT2D eigenvalue weighted by Crippen LogP contribution is 2.32. The van der Waals surface area contributed by atoms with Gasteiger partial charge in [0.1, 0.15) is 13.2 Å². The minimum absolute atomic E-state index is 0.0684. The number of carbonyl (C=O) groups is 2. The Bertz CT molecular complexity index is 804. The van der Waals surface area contributed by atoms with E-state index in [1.165, 1.54) is 5.56 Å². The van der Waals surface area contributed by atoms with Crippen LogP contribution in [0.1, 0.15) is 17.5 Å². The highest BCUT2D eigenvalue weighted by Gasteiger charge is 2.13. The molecule has 1 heterocycles. The van der Waals surface area contributed by atoms with Crippen molar-refractivity contribution in [2.75, 3.05) is 25.1 Å². The van der Waals surface area contributed by atoms with Gasteiger partial charge in [-0.3, -0.25) is 9.59 Å². The predicted octanol–water partition coefficient (Wildman–Crippen LogP) is 2.45. The Balaban J connectivity index is 1.43. The Labute approximate surface area is 152 Å². The predicted molar refractivity (Wildman–Crippen MR) is 98.6 cm³/mol. The van der Waals surface area contributed by atoms with Gasteiger partial charge in [0.25, 0.3) is 0 Å². The molecule has 0 radical (unpaired) electrons. The first kappa shape index (κ1) is 17.8. The number of aryl methyl sites for hydroxylation is 2. The largest absolute Gasteiger partial charge is 0.486 e. The van der Waals surface area contributed by atoms with Gasteiger partial charge in [-0.25, -0.2) is 0 Å². The summed E-state index contributed by atoms with van der Waals surface area (Å²) in [6, 6.07) is 13.3. The zero-order chi connectivity index (χ0) is 18.4. The number of carbonyl (C=O) groups excluding carboxylic acids is 2. The summed E-state index contributed by atoms with van der Waals surface area (Å²) in [6.45, 7) is 2.96. The van der Waals surface area contributed by atoms with Gasteiger partial charge in [0.05, 0.1) is 6.54 Å². The molecule has 6 heteroatoms. The molecule has 26 heavy (non-hydrogen) atoms. The van der Waals surface area contributed by atoms with Crippen molar-refractivity contribution in [1.29, 1.82) is 0 Å². The Morgan fingerprint density at radius 3 is 2.62 bits per heavy atom. The molecule has 0 saturated heterocycles. The van der Waals surface area contributed by atoms with E-state index in [2.05, 4.69) is 16.7 Å². The summed E-state index contributed by atoms with van der Waals surface area (Å²) in [5, 5.41) is 5.38. The molecule has 0 fully saturated rings. The summed E-state index contributed by atoms with van der Waals surface area (Å²) in [4.78, 5) is 23.9. The fourth-order valence-corrected chi connectivity index (χ4v) is 2.72. The van der Waals surface area contributed by atoms with Crippen LogP contribution in [-0.2, 0) is 16.0 Å². The summed E-state index contributed by atoms with van der Waals surface area (Å²) < 4.78 is 10.9. The summed E-state index contributed by atoms with van der Waals surface area (Å²) in [6.07, 6.45) is 0.998. The van der Waals surface area contributed by atoms with Crippen LogP contribution in [0.5, 0.6) is 11.5 Å². The van der Waals surface area contributed by atoms with E-state index in [1.54, 1.807) is 18.2 Å². The van der Waals surface area contributed by atoms with Crippen LogP contribution in [0.2, 0.25) is 0 Å². The maximum absolute atomic E-state index is 12.0. The van der Waals surface area contributed by atoms with Crippen LogP contribution >= 0.6 is 0 Å². The number of benzene rings is 2. The first-order valence-electron chi connectivity index (χ1n) is 8.62. The average Bonchev–Trinajstić information content (AvgIpc) is 2.65. The van der Waals surface area contributed by atoms with Crippen LogP contribution < -0.4 is 20.1 Å². The van der Waals surface area contributed by atoms with Gasteiger partial charge in [-0.15, -0.1) is 0 Å². The second-order valence-electron chi connectivity index (χ2n) is 6.17. The summed E-state index contributed by atoms with van der Waals surface area (Å²) in [5.74, 6) is 0.837. The van der Waals surface area contributed by atoms with E-state index >= 15 is 0 Å². The SMILES string of the molecule is Cc1cccc(CCC(=O)NCC(=O)Nc2ccc3c(c2)OCCO3)c1. The van der Waals surface area contributed by atoms with Gasteiger partial charge in [0.2, 0.25) is 11.8 Å². The zero-order valence-electron chi connectivity index (χ0n) is 14.7. The fourth-order valence-electron chi connectivity index (χ4n) is 2.72. The number of amides is 2. The lowest BCUT2D eigenvalue weighted by molar-refractivity contribution is -0.124. The third-order valence-electron chi connectivity index (χ3n) is 4.00. The molecular weight excluding hydrogens is 332 g/mol. The van der Waals surface area contributed by atoms with Crippen molar-refractivity contribution < 1.29 is 19.1 Å². The van der Waals surface area contributed by atoms with Gasteiger partial charge in [-0.2, -0.15) is 0 Å². The van der Waals surface area contributed by atoms with Crippen molar-refractivity contribution in [3.63, 3.8) is 0 Å². The molecule has 0 unspecified atom stereocenters. The lowest BCUT2D eigenvalue weighted by Gasteiger charge is -2.19. The van der Waals surface area contributed by atoms with E-state index in [0.29, 0.717) is 43.2 Å². The molecule has 1 aliphatic rings. The second-order valence-corrected chi connectivity index (χ2v) is 6.17. The number of hydrogen-bond acceptors (Lipinski definition) is 4. The molecule has 0 aliphatic carbocycles. The maximum atomic E-state index is 12.0. The fraction of sp³-hybridized carbons (Fsp3) is 0.300. The van der Waals surface area contributed by atoms with Crippen molar-refractivity contribution in [3.05, 3.63) is 53.6 Å². The molecule has 136 valence electrons. The van der Waals surface area contributed by atoms with Gasteiger partial charge in [-0.05, 0) is 31.0 Å². The number of nitrogens with one attached hydrogen (secondary N) is 2. The third-order valence-corrected chi connectivity index (χ3v) is 4.00. The molecule has 0 spiro atoms. The van der Waals surface area contributed by atoms with Crippen LogP contribution in [0.4, 0.5) is 5.69 Å². The standard InChI is InChI=1S/C20H22N2O4/c1-14-3-2-4-15(11-14)5-8-19(23)21-13-20(24)22-16-6-7-17-18(12-16)26-10-9-25-17/h2-4,6-7,11-12H,5,8-10,13H2,1H3,(H,21,23)(H,22,24). The van der Waals surface area contributed by atoms with Crippen molar-refractivity contribution >= 4 is 17.5 Å². The highest BCUT2D eigenvalue weighted by atomic mass is 16.6. The average molecular weight is 354 g/mol. The first-order chi connectivity index (χ1) is 12.6. The Hall–Kier alpha value is -3.02. The molecule has 0 saturated carbocycles. The first-order valence-corrected chi connectivity index (χ1v) is 8.62. The van der Waals surface area contributed by atoms with Gasteiger partial charge < -0.3 is 20.1 Å². The molecular formula is C20H22N2O4. The van der Waals surface area contributed by atoms with Crippen LogP contribution in [0, 0.1) is 6.92 Å². The van der Waals surface area contributed by atoms with E-state index < -0.39 is 0 Å². The summed E-state index contributed by atoms with van der Waals surface area (Å²) >= 11 is 0. The molecule has 3 rings (SSSR count). The number of rotatable bonds is 6. The van der Waals surface area contributed by atoms with E-state index in [1.807, 2.05) is 25.1 Å². The molecule has 2 amide bonds. The molecule has 0 bridgehead atoms. The van der Waals surface area contributed by atoms with Crippen LogP contribution in [-0.4, -0.2) is 31.6 Å². The van der Waals surface area contributed by atoms with Crippen LogP contribution in [0.25, 0.3) is 0 Å². The lowest BCUT2D eigenvalue weighted by Crippen LogP contribution is -2.33. The monoisotopic (exact) mass is 354 g/mol. The number of hydrogen-bond donors (Lipinski definition) is 2. The van der Waals surface area contributed by atoms with Crippen molar-refractivity contribution in [2.24, 2.45) is 0 Å². The molecule has 2 aromatic rings. The minimum Gasteiger partial charge on any atom is -0.486 e. The topological polar surface area (TPSA) is 76.7 Å². The molecule has 0 atom stereocenters. The quantitative estimate of drug-likeness (QED) is 0.835. The van der Waals surface area contributed by atoms with Gasteiger partial charge in [-0.1, -0.05) is 29.8 Å². The smallest absolute Gasteiger partial charge is 0.243 e. The lowest BCUT2D eigenvalue weighted by atomic mass is 10.1. The maximum Gasteiger partial charge on any atom is 0.243 e. The zero-order valence-corrected chi connectivity index (χ0v) is 14.7. The summed E-state index contributed by atoms with van der Waals surface area (Å²) in [5.41, 5.74) is 2.89. The summed E-state index contributed by atoms with van der Waals surface area (Å²) in [7, 11) is 0. The van der Waals surface area contributed by atoms with E-state index in [4.69, 9.17) is 9.47 Å².